The van der Waals surface area contributed by atoms with Gasteiger partial charge < -0.3 is 10.4 Å². The summed E-state index contributed by atoms with van der Waals surface area (Å²) >= 11 is 0. The van der Waals surface area contributed by atoms with E-state index in [1.165, 1.54) is 5.56 Å². The zero-order valence-electron chi connectivity index (χ0n) is 11.7. The maximum atomic E-state index is 12.0. The smallest absolute Gasteiger partial charge is 0.307 e. The molecule has 1 aromatic carbocycles. The Bertz CT molecular complexity index is 472. The molecular weight excluding hydrogens is 254 g/mol. The van der Waals surface area contributed by atoms with E-state index in [0.29, 0.717) is 19.4 Å². The Morgan fingerprint density at radius 1 is 1.25 bits per heavy atom. The van der Waals surface area contributed by atoms with Gasteiger partial charge in [-0.1, -0.05) is 37.3 Å². The summed E-state index contributed by atoms with van der Waals surface area (Å²) in [6.07, 6.45) is 2.24. The molecular formula is C16H21NO3. The van der Waals surface area contributed by atoms with Gasteiger partial charge in [-0.25, -0.2) is 0 Å². The van der Waals surface area contributed by atoms with Gasteiger partial charge in [-0.15, -0.1) is 0 Å². The van der Waals surface area contributed by atoms with E-state index < -0.39 is 11.9 Å². The highest BCUT2D eigenvalue weighted by atomic mass is 16.4. The fraction of sp³-hybridized carbons (Fsp3) is 0.500. The number of carbonyl (C=O) groups excluding carboxylic acids is 1. The lowest BCUT2D eigenvalue weighted by atomic mass is 9.73. The number of hydrogen-bond donors (Lipinski definition) is 2. The molecule has 20 heavy (non-hydrogen) atoms. The highest BCUT2D eigenvalue weighted by Crippen LogP contribution is 2.34. The zero-order chi connectivity index (χ0) is 14.5. The van der Waals surface area contributed by atoms with Crippen molar-refractivity contribution >= 4 is 11.9 Å². The van der Waals surface area contributed by atoms with Crippen molar-refractivity contribution in [2.75, 3.05) is 6.54 Å². The lowest BCUT2D eigenvalue weighted by Crippen LogP contribution is -2.44. The van der Waals surface area contributed by atoms with Crippen LogP contribution in [0.1, 0.15) is 37.7 Å². The summed E-state index contributed by atoms with van der Waals surface area (Å²) in [6, 6.07) is 10.1. The normalized spacial score (nSPS) is 22.6. The number of hydrogen-bond acceptors (Lipinski definition) is 2. The first-order valence-electron chi connectivity index (χ1n) is 7.19. The molecule has 1 saturated carbocycles. The quantitative estimate of drug-likeness (QED) is 0.837. The minimum Gasteiger partial charge on any atom is -0.481 e. The topological polar surface area (TPSA) is 66.4 Å². The van der Waals surface area contributed by atoms with Gasteiger partial charge in [-0.3, -0.25) is 9.59 Å². The Labute approximate surface area is 119 Å². The third-order valence-corrected chi connectivity index (χ3v) is 4.21. The van der Waals surface area contributed by atoms with Crippen LogP contribution in [0.4, 0.5) is 0 Å². The van der Waals surface area contributed by atoms with E-state index in [-0.39, 0.29) is 17.7 Å². The van der Waals surface area contributed by atoms with Crippen molar-refractivity contribution in [2.24, 2.45) is 11.8 Å². The Hall–Kier alpha value is -1.84. The summed E-state index contributed by atoms with van der Waals surface area (Å²) in [5, 5.41) is 11.9. The highest BCUT2D eigenvalue weighted by molar-refractivity contribution is 5.86. The third-order valence-electron chi connectivity index (χ3n) is 4.21. The van der Waals surface area contributed by atoms with Gasteiger partial charge in [0.1, 0.15) is 0 Å². The van der Waals surface area contributed by atoms with Crippen molar-refractivity contribution in [3.8, 4) is 0 Å². The molecule has 0 radical (unpaired) electrons. The molecule has 4 nitrogen and oxygen atoms in total. The summed E-state index contributed by atoms with van der Waals surface area (Å²) in [5.74, 6) is -1.53. The van der Waals surface area contributed by atoms with Crippen molar-refractivity contribution < 1.29 is 14.7 Å². The number of nitrogens with one attached hydrogen (secondary N) is 1. The molecule has 4 heteroatoms. The van der Waals surface area contributed by atoms with Gasteiger partial charge in [-0.2, -0.15) is 0 Å². The van der Waals surface area contributed by atoms with E-state index in [0.717, 1.165) is 6.42 Å². The van der Waals surface area contributed by atoms with E-state index in [4.69, 9.17) is 5.11 Å². The standard InChI is InChI=1S/C16H21NO3/c1-2-11(12-6-4-3-5-7-12)10-17-15(18)13-8-9-14(13)16(19)20/h3-7,11,13-14H,2,8-10H2,1H3,(H,17,18)(H,19,20). The van der Waals surface area contributed by atoms with Crippen LogP contribution in [-0.4, -0.2) is 23.5 Å². The van der Waals surface area contributed by atoms with E-state index in [1.807, 2.05) is 18.2 Å². The maximum absolute atomic E-state index is 12.0. The van der Waals surface area contributed by atoms with Crippen LogP contribution in [0.3, 0.4) is 0 Å². The molecule has 1 amide bonds. The molecule has 108 valence electrons. The van der Waals surface area contributed by atoms with Gasteiger partial charge in [0.05, 0.1) is 11.8 Å². The van der Waals surface area contributed by atoms with Crippen LogP contribution in [0.15, 0.2) is 30.3 Å². The average molecular weight is 275 g/mol. The molecule has 1 fully saturated rings. The molecule has 2 N–H and O–H groups in total. The second-order valence-corrected chi connectivity index (χ2v) is 5.39. The van der Waals surface area contributed by atoms with Crippen LogP contribution in [0, 0.1) is 11.8 Å². The molecule has 0 aliphatic heterocycles. The van der Waals surface area contributed by atoms with Crippen molar-refractivity contribution in [3.05, 3.63) is 35.9 Å². The number of benzene rings is 1. The van der Waals surface area contributed by atoms with Crippen LogP contribution in [-0.2, 0) is 9.59 Å². The molecule has 0 heterocycles. The fourth-order valence-electron chi connectivity index (χ4n) is 2.69. The molecule has 0 aromatic heterocycles. The fourth-order valence-corrected chi connectivity index (χ4v) is 2.69. The summed E-state index contributed by atoms with van der Waals surface area (Å²) in [4.78, 5) is 22.9. The first kappa shape index (κ1) is 14.6. The second-order valence-electron chi connectivity index (χ2n) is 5.39. The van der Waals surface area contributed by atoms with Gasteiger partial charge >= 0.3 is 5.97 Å². The van der Waals surface area contributed by atoms with Crippen LogP contribution in [0.2, 0.25) is 0 Å². The average Bonchev–Trinajstić information content (AvgIpc) is 2.38. The van der Waals surface area contributed by atoms with Crippen molar-refractivity contribution in [3.63, 3.8) is 0 Å². The van der Waals surface area contributed by atoms with Gasteiger partial charge in [0.2, 0.25) is 5.91 Å². The Kier molecular flexibility index (Phi) is 4.77. The monoisotopic (exact) mass is 275 g/mol. The lowest BCUT2D eigenvalue weighted by Gasteiger charge is -2.32. The van der Waals surface area contributed by atoms with Crippen LogP contribution < -0.4 is 5.32 Å². The van der Waals surface area contributed by atoms with Gasteiger partial charge in [-0.05, 0) is 24.8 Å². The Morgan fingerprint density at radius 3 is 2.40 bits per heavy atom. The molecule has 1 aliphatic carbocycles. The molecule has 0 saturated heterocycles. The SMILES string of the molecule is CCC(CNC(=O)C1CCC1C(=O)O)c1ccccc1. The second kappa shape index (κ2) is 6.55. The minimum absolute atomic E-state index is 0.113. The van der Waals surface area contributed by atoms with E-state index in [1.54, 1.807) is 0 Å². The highest BCUT2D eigenvalue weighted by Gasteiger charge is 2.41. The summed E-state index contributed by atoms with van der Waals surface area (Å²) in [7, 11) is 0. The number of rotatable bonds is 6. The summed E-state index contributed by atoms with van der Waals surface area (Å²) < 4.78 is 0. The summed E-state index contributed by atoms with van der Waals surface area (Å²) in [5.41, 5.74) is 1.21. The van der Waals surface area contributed by atoms with Gasteiger partial charge in [0, 0.05) is 12.5 Å². The lowest BCUT2D eigenvalue weighted by molar-refractivity contribution is -0.152. The van der Waals surface area contributed by atoms with Gasteiger partial charge in [0.15, 0.2) is 0 Å². The van der Waals surface area contributed by atoms with E-state index in [2.05, 4.69) is 24.4 Å². The molecule has 1 aromatic rings. The number of carboxylic acid groups (broad SMARTS) is 1. The predicted molar refractivity (Wildman–Crippen MR) is 76.3 cm³/mol. The van der Waals surface area contributed by atoms with Crippen molar-refractivity contribution in [1.29, 1.82) is 0 Å². The van der Waals surface area contributed by atoms with Crippen molar-refractivity contribution in [1.82, 2.24) is 5.32 Å². The molecule has 0 bridgehead atoms. The minimum atomic E-state index is -0.855. The number of carboxylic acids is 1. The van der Waals surface area contributed by atoms with Crippen molar-refractivity contribution in [2.45, 2.75) is 32.1 Å². The molecule has 3 unspecified atom stereocenters. The molecule has 2 rings (SSSR count). The number of carbonyl (C=O) groups is 2. The molecule has 1 aliphatic rings. The van der Waals surface area contributed by atoms with E-state index >= 15 is 0 Å². The first-order valence-corrected chi connectivity index (χ1v) is 7.19. The number of amides is 1. The summed E-state index contributed by atoms with van der Waals surface area (Å²) in [6.45, 7) is 2.66. The van der Waals surface area contributed by atoms with Crippen LogP contribution in [0.5, 0.6) is 0 Å². The Morgan fingerprint density at radius 2 is 1.90 bits per heavy atom. The van der Waals surface area contributed by atoms with Gasteiger partial charge in [0.25, 0.3) is 0 Å². The predicted octanol–water partition coefficient (Wildman–Crippen LogP) is 2.41. The molecule has 0 spiro atoms. The maximum Gasteiger partial charge on any atom is 0.307 e. The number of aliphatic carboxylic acids is 1. The first-order chi connectivity index (χ1) is 9.63. The zero-order valence-corrected chi connectivity index (χ0v) is 11.7. The van der Waals surface area contributed by atoms with E-state index in [9.17, 15) is 9.59 Å². The Balaban J connectivity index is 1.88. The third kappa shape index (κ3) is 3.18. The largest absolute Gasteiger partial charge is 0.481 e. The van der Waals surface area contributed by atoms with Crippen LogP contribution in [0.25, 0.3) is 0 Å². The van der Waals surface area contributed by atoms with Crippen LogP contribution >= 0.6 is 0 Å². The molecule has 3 atom stereocenters.